The lowest BCUT2D eigenvalue weighted by Gasteiger charge is -2.12. The topological polar surface area (TPSA) is 58.6 Å². The minimum atomic E-state index is -0.914. The lowest BCUT2D eigenvalue weighted by molar-refractivity contribution is 0.0697. The molecule has 2 aromatic carbocycles. The molecule has 2 N–H and O–H groups in total. The molecule has 0 spiro atoms. The molecule has 0 aliphatic rings. The standard InChI is InChI=1S/C16H15Br2NO3.ClH/c1-22-15-12(6-13(17)7-14(15)18)9-19-8-10-2-4-11(5-3-10)16(20)21;/h2-7,19H,8-9H2,1H3,(H,20,21);1H. The molecule has 0 saturated carbocycles. The van der Waals surface area contributed by atoms with Gasteiger partial charge >= 0.3 is 5.97 Å². The van der Waals surface area contributed by atoms with E-state index < -0.39 is 5.97 Å². The van der Waals surface area contributed by atoms with Crippen LogP contribution in [0.4, 0.5) is 0 Å². The average Bonchev–Trinajstić information content (AvgIpc) is 2.47. The first-order chi connectivity index (χ1) is 10.5. The highest BCUT2D eigenvalue weighted by Crippen LogP contribution is 2.32. The van der Waals surface area contributed by atoms with Crippen molar-refractivity contribution in [2.24, 2.45) is 0 Å². The van der Waals surface area contributed by atoms with Crippen molar-refractivity contribution in [3.05, 3.63) is 62.0 Å². The van der Waals surface area contributed by atoms with Gasteiger partial charge in [-0.05, 0) is 45.8 Å². The van der Waals surface area contributed by atoms with Crippen molar-refractivity contribution in [2.45, 2.75) is 13.1 Å². The van der Waals surface area contributed by atoms with Crippen LogP contribution < -0.4 is 10.1 Å². The Kier molecular flexibility index (Phi) is 8.05. The van der Waals surface area contributed by atoms with E-state index in [9.17, 15) is 4.79 Å². The molecule has 0 heterocycles. The van der Waals surface area contributed by atoms with Gasteiger partial charge in [0, 0.05) is 23.1 Å². The lowest BCUT2D eigenvalue weighted by Crippen LogP contribution is -2.13. The zero-order valence-corrected chi connectivity index (χ0v) is 16.3. The Morgan fingerprint density at radius 3 is 2.39 bits per heavy atom. The Hall–Kier alpha value is -1.08. The maximum absolute atomic E-state index is 10.8. The fourth-order valence-electron chi connectivity index (χ4n) is 2.08. The van der Waals surface area contributed by atoms with Gasteiger partial charge in [-0.2, -0.15) is 0 Å². The third kappa shape index (κ3) is 5.49. The van der Waals surface area contributed by atoms with Crippen LogP contribution in [0.2, 0.25) is 0 Å². The van der Waals surface area contributed by atoms with Crippen molar-refractivity contribution in [2.75, 3.05) is 7.11 Å². The number of hydrogen-bond donors (Lipinski definition) is 2. The minimum absolute atomic E-state index is 0. The van der Waals surface area contributed by atoms with E-state index in [1.807, 2.05) is 24.3 Å². The number of rotatable bonds is 6. The maximum Gasteiger partial charge on any atom is 0.335 e. The zero-order valence-electron chi connectivity index (χ0n) is 12.3. The van der Waals surface area contributed by atoms with Gasteiger partial charge in [0.15, 0.2) is 0 Å². The van der Waals surface area contributed by atoms with E-state index in [2.05, 4.69) is 37.2 Å². The molecular weight excluding hydrogens is 449 g/mol. The third-order valence-corrected chi connectivity index (χ3v) is 4.18. The highest BCUT2D eigenvalue weighted by molar-refractivity contribution is 9.11. The molecule has 23 heavy (non-hydrogen) atoms. The van der Waals surface area contributed by atoms with E-state index in [0.717, 1.165) is 25.8 Å². The molecule has 0 aliphatic carbocycles. The SMILES string of the molecule is COc1c(Br)cc(Br)cc1CNCc1ccc(C(=O)O)cc1.Cl. The van der Waals surface area contributed by atoms with E-state index in [1.54, 1.807) is 19.2 Å². The molecule has 7 heteroatoms. The molecule has 124 valence electrons. The normalized spacial score (nSPS) is 10.0. The summed E-state index contributed by atoms with van der Waals surface area (Å²) in [6.07, 6.45) is 0. The molecule has 0 bridgehead atoms. The number of benzene rings is 2. The summed E-state index contributed by atoms with van der Waals surface area (Å²) in [7, 11) is 1.64. The Morgan fingerprint density at radius 2 is 1.83 bits per heavy atom. The summed E-state index contributed by atoms with van der Waals surface area (Å²) >= 11 is 6.94. The first-order valence-electron chi connectivity index (χ1n) is 6.56. The van der Waals surface area contributed by atoms with Gasteiger partial charge in [-0.1, -0.05) is 28.1 Å². The van der Waals surface area contributed by atoms with Crippen LogP contribution in [0.15, 0.2) is 45.3 Å². The number of nitrogens with one attached hydrogen (secondary N) is 1. The van der Waals surface area contributed by atoms with Crippen molar-refractivity contribution < 1.29 is 14.6 Å². The predicted octanol–water partition coefficient (Wildman–Crippen LogP) is 4.63. The molecule has 0 fully saturated rings. The fourth-order valence-corrected chi connectivity index (χ4v) is 3.56. The van der Waals surface area contributed by atoms with Gasteiger partial charge in [0.1, 0.15) is 5.75 Å². The van der Waals surface area contributed by atoms with Crippen LogP contribution in [0, 0.1) is 0 Å². The Balaban J connectivity index is 0.00000264. The summed E-state index contributed by atoms with van der Waals surface area (Å²) in [5.74, 6) is -0.111. The quantitative estimate of drug-likeness (QED) is 0.653. The van der Waals surface area contributed by atoms with Crippen molar-refractivity contribution in [1.29, 1.82) is 0 Å². The molecule has 0 unspecified atom stereocenters. The molecule has 4 nitrogen and oxygen atoms in total. The van der Waals surface area contributed by atoms with Gasteiger partial charge in [-0.15, -0.1) is 12.4 Å². The number of halogens is 3. The highest BCUT2D eigenvalue weighted by atomic mass is 79.9. The van der Waals surface area contributed by atoms with Crippen LogP contribution in [0.5, 0.6) is 5.75 Å². The smallest absolute Gasteiger partial charge is 0.335 e. The highest BCUT2D eigenvalue weighted by Gasteiger charge is 2.09. The van der Waals surface area contributed by atoms with E-state index >= 15 is 0 Å². The van der Waals surface area contributed by atoms with Crippen LogP contribution >= 0.6 is 44.3 Å². The second-order valence-electron chi connectivity index (χ2n) is 4.69. The molecule has 0 amide bonds. The van der Waals surface area contributed by atoms with Crippen molar-refractivity contribution in [3.63, 3.8) is 0 Å². The van der Waals surface area contributed by atoms with Gasteiger partial charge in [0.2, 0.25) is 0 Å². The second-order valence-corrected chi connectivity index (χ2v) is 6.46. The Bertz CT molecular complexity index is 678. The van der Waals surface area contributed by atoms with Crippen LogP contribution in [-0.2, 0) is 13.1 Å². The van der Waals surface area contributed by atoms with Gasteiger partial charge < -0.3 is 15.2 Å². The zero-order chi connectivity index (χ0) is 16.1. The minimum Gasteiger partial charge on any atom is -0.495 e. The first-order valence-corrected chi connectivity index (χ1v) is 8.14. The molecule has 0 radical (unpaired) electrons. The largest absolute Gasteiger partial charge is 0.495 e. The second kappa shape index (κ2) is 9.27. The number of hydrogen-bond acceptors (Lipinski definition) is 3. The number of carboxylic acid groups (broad SMARTS) is 1. The first kappa shape index (κ1) is 20.0. The van der Waals surface area contributed by atoms with Crippen LogP contribution in [0.25, 0.3) is 0 Å². The molecule has 0 aliphatic heterocycles. The summed E-state index contributed by atoms with van der Waals surface area (Å²) < 4.78 is 7.27. The van der Waals surface area contributed by atoms with Crippen molar-refractivity contribution >= 4 is 50.2 Å². The van der Waals surface area contributed by atoms with Gasteiger partial charge in [0.05, 0.1) is 17.1 Å². The average molecular weight is 466 g/mol. The Morgan fingerprint density at radius 1 is 1.17 bits per heavy atom. The molecule has 2 rings (SSSR count). The van der Waals surface area contributed by atoms with Crippen molar-refractivity contribution in [3.8, 4) is 5.75 Å². The number of carbonyl (C=O) groups is 1. The van der Waals surface area contributed by atoms with Crippen LogP contribution in [-0.4, -0.2) is 18.2 Å². The maximum atomic E-state index is 10.8. The molecular formula is C16H16Br2ClNO3. The Labute approximate surface area is 157 Å². The molecule has 2 aromatic rings. The molecule has 0 atom stereocenters. The van der Waals surface area contributed by atoms with Crippen molar-refractivity contribution in [1.82, 2.24) is 5.32 Å². The number of methoxy groups -OCH3 is 1. The fraction of sp³-hybridized carbons (Fsp3) is 0.188. The van der Waals surface area contributed by atoms with E-state index in [-0.39, 0.29) is 12.4 Å². The summed E-state index contributed by atoms with van der Waals surface area (Å²) in [6.45, 7) is 1.29. The molecule has 0 aromatic heterocycles. The van der Waals surface area contributed by atoms with E-state index in [4.69, 9.17) is 9.84 Å². The molecule has 0 saturated heterocycles. The van der Waals surface area contributed by atoms with Crippen LogP contribution in [0.3, 0.4) is 0 Å². The summed E-state index contributed by atoms with van der Waals surface area (Å²) in [5, 5.41) is 12.2. The number of aromatic carboxylic acids is 1. The summed E-state index contributed by atoms with van der Waals surface area (Å²) in [4.78, 5) is 10.8. The summed E-state index contributed by atoms with van der Waals surface area (Å²) in [6, 6.07) is 10.8. The van der Waals surface area contributed by atoms with Gasteiger partial charge in [0.25, 0.3) is 0 Å². The van der Waals surface area contributed by atoms with Gasteiger partial charge in [-0.25, -0.2) is 4.79 Å². The monoisotopic (exact) mass is 463 g/mol. The number of ether oxygens (including phenoxy) is 1. The summed E-state index contributed by atoms with van der Waals surface area (Å²) in [5.41, 5.74) is 2.35. The van der Waals surface area contributed by atoms with Crippen LogP contribution in [0.1, 0.15) is 21.5 Å². The van der Waals surface area contributed by atoms with E-state index in [0.29, 0.717) is 18.7 Å². The third-order valence-electron chi connectivity index (χ3n) is 3.13. The lowest BCUT2D eigenvalue weighted by atomic mass is 10.1. The van der Waals surface area contributed by atoms with E-state index in [1.165, 1.54) is 0 Å². The predicted molar refractivity (Wildman–Crippen MR) is 99.6 cm³/mol. The number of carboxylic acids is 1. The van der Waals surface area contributed by atoms with Gasteiger partial charge in [-0.3, -0.25) is 0 Å².